The van der Waals surface area contributed by atoms with Gasteiger partial charge in [-0.15, -0.1) is 0 Å². The van der Waals surface area contributed by atoms with Crippen molar-refractivity contribution in [3.05, 3.63) is 70.1 Å². The van der Waals surface area contributed by atoms with Crippen molar-refractivity contribution in [3.63, 3.8) is 0 Å². The summed E-state index contributed by atoms with van der Waals surface area (Å²) in [5.41, 5.74) is 2.45. The normalized spacial score (nSPS) is 15.5. The first-order valence-electron chi connectivity index (χ1n) is 8.33. The fourth-order valence-electron chi connectivity index (χ4n) is 3.06. The molecule has 24 heavy (non-hydrogen) atoms. The van der Waals surface area contributed by atoms with E-state index in [2.05, 4.69) is 36.1 Å². The largest absolute Gasteiger partial charge is 0.339 e. The monoisotopic (exact) mass is 325 g/mol. The zero-order valence-corrected chi connectivity index (χ0v) is 14.0. The highest BCUT2D eigenvalue weighted by Crippen LogP contribution is 2.10. The second-order valence-corrected chi connectivity index (χ2v) is 6.31. The quantitative estimate of drug-likeness (QED) is 0.856. The molecule has 1 amide bonds. The van der Waals surface area contributed by atoms with E-state index in [1.165, 1.54) is 21.8 Å². The van der Waals surface area contributed by atoms with E-state index < -0.39 is 0 Å². The summed E-state index contributed by atoms with van der Waals surface area (Å²) in [6, 6.07) is 13.5. The molecule has 126 valence electrons. The Morgan fingerprint density at radius 2 is 1.83 bits per heavy atom. The summed E-state index contributed by atoms with van der Waals surface area (Å²) in [7, 11) is 0. The van der Waals surface area contributed by atoms with Crippen LogP contribution in [-0.2, 0) is 17.9 Å². The predicted octanol–water partition coefficient (Wildman–Crippen LogP) is 1.50. The minimum atomic E-state index is -0.135. The Labute approximate surface area is 142 Å². The zero-order chi connectivity index (χ0) is 16.9. The van der Waals surface area contributed by atoms with Crippen LogP contribution in [0.5, 0.6) is 0 Å². The van der Waals surface area contributed by atoms with Crippen LogP contribution in [0.2, 0.25) is 0 Å². The fourth-order valence-corrected chi connectivity index (χ4v) is 3.06. The lowest BCUT2D eigenvalue weighted by atomic mass is 10.1. The van der Waals surface area contributed by atoms with Crippen molar-refractivity contribution in [2.24, 2.45) is 0 Å². The molecule has 3 rings (SSSR count). The minimum absolute atomic E-state index is 0.0125. The van der Waals surface area contributed by atoms with E-state index in [9.17, 15) is 9.59 Å². The van der Waals surface area contributed by atoms with Gasteiger partial charge in [-0.2, -0.15) is 0 Å². The lowest BCUT2D eigenvalue weighted by Gasteiger charge is -2.35. The van der Waals surface area contributed by atoms with Crippen molar-refractivity contribution in [1.29, 1.82) is 0 Å². The highest BCUT2D eigenvalue weighted by molar-refractivity contribution is 5.76. The van der Waals surface area contributed by atoms with E-state index in [-0.39, 0.29) is 18.0 Å². The maximum atomic E-state index is 12.4. The second-order valence-electron chi connectivity index (χ2n) is 6.31. The lowest BCUT2D eigenvalue weighted by molar-refractivity contribution is -0.133. The number of rotatable bonds is 4. The van der Waals surface area contributed by atoms with Crippen LogP contribution in [0.25, 0.3) is 0 Å². The molecule has 0 N–H and O–H groups in total. The Bertz CT molecular complexity index is 761. The van der Waals surface area contributed by atoms with E-state index in [0.29, 0.717) is 13.1 Å². The van der Waals surface area contributed by atoms with Crippen LogP contribution >= 0.6 is 0 Å². The molecule has 0 atom stereocenters. The van der Waals surface area contributed by atoms with Crippen LogP contribution in [0.3, 0.4) is 0 Å². The molecular formula is C19H23N3O2. The van der Waals surface area contributed by atoms with Crippen molar-refractivity contribution in [3.8, 4) is 0 Å². The van der Waals surface area contributed by atoms with Crippen molar-refractivity contribution < 1.29 is 4.79 Å². The van der Waals surface area contributed by atoms with Crippen molar-refractivity contribution >= 4 is 5.91 Å². The van der Waals surface area contributed by atoms with Crippen molar-refractivity contribution in [2.75, 3.05) is 26.2 Å². The summed E-state index contributed by atoms with van der Waals surface area (Å²) in [5, 5.41) is 0. The first-order chi connectivity index (χ1) is 11.6. The number of hydrogen-bond acceptors (Lipinski definition) is 3. The molecule has 1 fully saturated rings. The molecule has 1 aliphatic heterocycles. The van der Waals surface area contributed by atoms with Gasteiger partial charge in [-0.25, -0.2) is 0 Å². The summed E-state index contributed by atoms with van der Waals surface area (Å²) in [4.78, 5) is 28.3. The van der Waals surface area contributed by atoms with Crippen molar-refractivity contribution in [1.82, 2.24) is 14.4 Å². The molecule has 0 aliphatic carbocycles. The number of nitrogens with zero attached hydrogens (tertiary/aromatic N) is 3. The third kappa shape index (κ3) is 4.11. The Balaban J connectivity index is 1.52. The van der Waals surface area contributed by atoms with Gasteiger partial charge in [0.25, 0.3) is 5.56 Å². The number of carbonyl (C=O) groups is 1. The summed E-state index contributed by atoms with van der Waals surface area (Å²) in [6.07, 6.45) is 1.66. The number of hydrogen-bond donors (Lipinski definition) is 0. The lowest BCUT2D eigenvalue weighted by Crippen LogP contribution is -2.49. The van der Waals surface area contributed by atoms with Crippen LogP contribution in [0.1, 0.15) is 11.1 Å². The summed E-state index contributed by atoms with van der Waals surface area (Å²) >= 11 is 0. The molecule has 0 saturated carbocycles. The molecule has 1 aliphatic rings. The molecule has 0 radical (unpaired) electrons. The highest BCUT2D eigenvalue weighted by atomic mass is 16.2. The average Bonchev–Trinajstić information content (AvgIpc) is 2.57. The average molecular weight is 325 g/mol. The smallest absolute Gasteiger partial charge is 0.250 e. The van der Waals surface area contributed by atoms with Gasteiger partial charge < -0.3 is 9.47 Å². The molecule has 1 aromatic heterocycles. The van der Waals surface area contributed by atoms with Gasteiger partial charge in [-0.05, 0) is 18.6 Å². The van der Waals surface area contributed by atoms with E-state index >= 15 is 0 Å². The molecule has 5 nitrogen and oxygen atoms in total. The third-order valence-corrected chi connectivity index (χ3v) is 4.42. The van der Waals surface area contributed by atoms with E-state index in [4.69, 9.17) is 0 Å². The number of piperazine rings is 1. The van der Waals surface area contributed by atoms with Gasteiger partial charge >= 0.3 is 0 Å². The minimum Gasteiger partial charge on any atom is -0.339 e. The third-order valence-electron chi connectivity index (χ3n) is 4.42. The Hall–Kier alpha value is -2.40. The van der Waals surface area contributed by atoms with Gasteiger partial charge in [-0.3, -0.25) is 14.5 Å². The number of pyridine rings is 1. The van der Waals surface area contributed by atoms with Crippen LogP contribution < -0.4 is 5.56 Å². The van der Waals surface area contributed by atoms with E-state index in [1.54, 1.807) is 18.3 Å². The number of aryl methyl sites for hydroxylation is 1. The number of carbonyl (C=O) groups excluding carboxylic acids is 1. The SMILES string of the molecule is Cc1cccc(CN2CCN(C(=O)Cn3ccccc3=O)CC2)c1. The van der Waals surface area contributed by atoms with Crippen LogP contribution in [0, 0.1) is 6.92 Å². The summed E-state index contributed by atoms with van der Waals surface area (Å²) in [6.45, 7) is 6.30. The van der Waals surface area contributed by atoms with Gasteiger partial charge in [0, 0.05) is 45.0 Å². The predicted molar refractivity (Wildman–Crippen MR) is 93.7 cm³/mol. The fraction of sp³-hybridized carbons (Fsp3) is 0.368. The molecule has 5 heteroatoms. The van der Waals surface area contributed by atoms with Gasteiger partial charge in [-0.1, -0.05) is 35.9 Å². The molecular weight excluding hydrogens is 302 g/mol. The Morgan fingerprint density at radius 1 is 1.04 bits per heavy atom. The van der Waals surface area contributed by atoms with Gasteiger partial charge in [0.05, 0.1) is 0 Å². The Kier molecular flexibility index (Phi) is 5.11. The summed E-state index contributed by atoms with van der Waals surface area (Å²) < 4.78 is 1.46. The molecule has 1 saturated heterocycles. The molecule has 1 aromatic carbocycles. The molecule has 2 aromatic rings. The van der Waals surface area contributed by atoms with Gasteiger partial charge in [0.15, 0.2) is 0 Å². The van der Waals surface area contributed by atoms with Gasteiger partial charge in [0.2, 0.25) is 5.91 Å². The van der Waals surface area contributed by atoms with E-state index in [0.717, 1.165) is 19.6 Å². The van der Waals surface area contributed by atoms with Crippen LogP contribution in [-0.4, -0.2) is 46.5 Å². The van der Waals surface area contributed by atoms with Crippen LogP contribution in [0.4, 0.5) is 0 Å². The van der Waals surface area contributed by atoms with E-state index in [1.807, 2.05) is 4.90 Å². The number of amides is 1. The number of aromatic nitrogens is 1. The zero-order valence-electron chi connectivity index (χ0n) is 14.0. The Morgan fingerprint density at radius 3 is 2.54 bits per heavy atom. The van der Waals surface area contributed by atoms with Crippen LogP contribution in [0.15, 0.2) is 53.5 Å². The molecule has 0 bridgehead atoms. The van der Waals surface area contributed by atoms with Gasteiger partial charge in [0.1, 0.15) is 6.54 Å². The first-order valence-corrected chi connectivity index (χ1v) is 8.33. The second kappa shape index (κ2) is 7.45. The maximum Gasteiger partial charge on any atom is 0.250 e. The standard InChI is InChI=1S/C19H23N3O2/c1-16-5-4-6-17(13-16)14-20-9-11-21(12-10-20)19(24)15-22-8-3-2-7-18(22)23/h2-8,13H,9-12,14-15H2,1H3. The van der Waals surface area contributed by atoms with Crippen molar-refractivity contribution in [2.45, 2.75) is 20.0 Å². The summed E-state index contributed by atoms with van der Waals surface area (Å²) in [5.74, 6) is 0.0125. The molecule has 0 spiro atoms. The molecule has 0 unspecified atom stereocenters. The molecule has 2 heterocycles. The topological polar surface area (TPSA) is 45.5 Å². The first kappa shape index (κ1) is 16.5. The number of benzene rings is 1. The highest BCUT2D eigenvalue weighted by Gasteiger charge is 2.21. The maximum absolute atomic E-state index is 12.4.